The van der Waals surface area contributed by atoms with Crippen molar-refractivity contribution in [2.24, 2.45) is 11.8 Å². The van der Waals surface area contributed by atoms with E-state index in [9.17, 15) is 9.90 Å². The molecule has 5 atom stereocenters. The van der Waals surface area contributed by atoms with Gasteiger partial charge >= 0.3 is 5.97 Å². The molecular weight excluding hydrogens is 352 g/mol. The molecule has 150 valence electrons. The van der Waals surface area contributed by atoms with Gasteiger partial charge in [0, 0.05) is 18.4 Å². The summed E-state index contributed by atoms with van der Waals surface area (Å²) in [5.74, 6) is -0.150. The first-order valence-corrected chi connectivity index (χ1v) is 10.3. The van der Waals surface area contributed by atoms with Gasteiger partial charge in [0.15, 0.2) is 6.10 Å². The smallest absolute Gasteiger partial charge is 0.331 e. The standard InChI is InChI=1S/C24H30O4/c1-15(2)24-14-19(25)23(4,28-24)18-12-10-16(3)21(18)22(24)27-20(26)13-11-17-8-6-5-7-9-17/h5-9,11,13,15,18-19,22,25H,10,12,14H2,1-4H3/b13-11+/t18?,19?,22-,23?,24?/m0/s1. The second kappa shape index (κ2) is 6.85. The lowest BCUT2D eigenvalue weighted by Crippen LogP contribution is -2.58. The highest BCUT2D eigenvalue weighted by Gasteiger charge is 2.68. The molecule has 0 radical (unpaired) electrons. The van der Waals surface area contributed by atoms with Crippen molar-refractivity contribution in [1.29, 1.82) is 0 Å². The van der Waals surface area contributed by atoms with Crippen molar-refractivity contribution in [2.45, 2.75) is 70.4 Å². The van der Waals surface area contributed by atoms with Crippen molar-refractivity contribution < 1.29 is 19.4 Å². The summed E-state index contributed by atoms with van der Waals surface area (Å²) in [7, 11) is 0. The maximum atomic E-state index is 12.7. The normalized spacial score (nSPS) is 37.0. The van der Waals surface area contributed by atoms with E-state index in [2.05, 4.69) is 20.8 Å². The molecule has 4 heteroatoms. The fourth-order valence-electron chi connectivity index (χ4n) is 5.41. The van der Waals surface area contributed by atoms with Gasteiger partial charge in [0.25, 0.3) is 0 Å². The molecule has 28 heavy (non-hydrogen) atoms. The topological polar surface area (TPSA) is 55.8 Å². The van der Waals surface area contributed by atoms with E-state index in [1.807, 2.05) is 37.3 Å². The number of carbonyl (C=O) groups excluding carboxylic acids is 1. The number of rotatable bonds is 4. The van der Waals surface area contributed by atoms with Crippen LogP contribution in [0.5, 0.6) is 0 Å². The Morgan fingerprint density at radius 2 is 2.04 bits per heavy atom. The second-order valence-corrected chi connectivity index (χ2v) is 9.00. The van der Waals surface area contributed by atoms with Gasteiger partial charge < -0.3 is 14.6 Å². The number of hydrogen-bond donors (Lipinski definition) is 1. The van der Waals surface area contributed by atoms with Crippen molar-refractivity contribution in [1.82, 2.24) is 0 Å². The Labute approximate surface area is 167 Å². The number of fused-ring (bicyclic) bond motifs is 4. The van der Waals surface area contributed by atoms with Gasteiger partial charge in [-0.2, -0.15) is 0 Å². The van der Waals surface area contributed by atoms with Crippen LogP contribution >= 0.6 is 0 Å². The van der Waals surface area contributed by atoms with Crippen molar-refractivity contribution in [3.05, 3.63) is 53.1 Å². The molecule has 1 aromatic carbocycles. The molecule has 2 aliphatic heterocycles. The van der Waals surface area contributed by atoms with Crippen molar-refractivity contribution in [3.63, 3.8) is 0 Å². The average molecular weight is 383 g/mol. The molecule has 2 heterocycles. The fraction of sp³-hybridized carbons (Fsp3) is 0.542. The molecule has 0 aromatic heterocycles. The number of aliphatic hydroxyl groups is 1. The minimum Gasteiger partial charge on any atom is -0.452 e. The number of benzene rings is 1. The maximum Gasteiger partial charge on any atom is 0.331 e. The Morgan fingerprint density at radius 3 is 2.71 bits per heavy atom. The van der Waals surface area contributed by atoms with Crippen LogP contribution in [0, 0.1) is 11.8 Å². The Morgan fingerprint density at radius 1 is 1.32 bits per heavy atom. The molecule has 1 aromatic rings. The number of allylic oxidation sites excluding steroid dienone is 1. The number of aliphatic hydroxyl groups excluding tert-OH is 1. The predicted octanol–water partition coefficient (Wildman–Crippen LogP) is 4.29. The molecule has 0 saturated carbocycles. The van der Waals surface area contributed by atoms with Gasteiger partial charge in [0.2, 0.25) is 0 Å². The molecule has 2 fully saturated rings. The first-order chi connectivity index (χ1) is 13.3. The van der Waals surface area contributed by atoms with E-state index in [4.69, 9.17) is 9.47 Å². The van der Waals surface area contributed by atoms with Crippen molar-refractivity contribution >= 4 is 12.0 Å². The summed E-state index contributed by atoms with van der Waals surface area (Å²) in [6.45, 7) is 8.33. The van der Waals surface area contributed by atoms with Crippen LogP contribution in [0.15, 0.2) is 47.6 Å². The Kier molecular flexibility index (Phi) is 4.75. The van der Waals surface area contributed by atoms with E-state index in [1.54, 1.807) is 6.08 Å². The first-order valence-electron chi connectivity index (χ1n) is 10.3. The summed E-state index contributed by atoms with van der Waals surface area (Å²) >= 11 is 0. The van der Waals surface area contributed by atoms with E-state index in [1.165, 1.54) is 17.2 Å². The minimum atomic E-state index is -0.679. The molecule has 2 bridgehead atoms. The highest BCUT2D eigenvalue weighted by atomic mass is 16.6. The maximum absolute atomic E-state index is 12.7. The largest absolute Gasteiger partial charge is 0.452 e. The van der Waals surface area contributed by atoms with Gasteiger partial charge in [-0.25, -0.2) is 4.79 Å². The van der Waals surface area contributed by atoms with Crippen molar-refractivity contribution in [2.75, 3.05) is 0 Å². The lowest BCUT2D eigenvalue weighted by molar-refractivity contribution is -0.220. The molecule has 1 aliphatic carbocycles. The van der Waals surface area contributed by atoms with Gasteiger partial charge in [-0.1, -0.05) is 49.8 Å². The third-order valence-electron chi connectivity index (χ3n) is 7.10. The van der Waals surface area contributed by atoms with Crippen LogP contribution in [-0.2, 0) is 14.3 Å². The van der Waals surface area contributed by atoms with E-state index in [-0.39, 0.29) is 17.8 Å². The van der Waals surface area contributed by atoms with E-state index in [0.717, 1.165) is 18.4 Å². The minimum absolute atomic E-state index is 0.104. The van der Waals surface area contributed by atoms with E-state index in [0.29, 0.717) is 6.42 Å². The molecule has 0 spiro atoms. The number of esters is 1. The van der Waals surface area contributed by atoms with Crippen LogP contribution in [0.25, 0.3) is 6.08 Å². The molecule has 4 rings (SSSR count). The van der Waals surface area contributed by atoms with Gasteiger partial charge in [0.1, 0.15) is 5.60 Å². The van der Waals surface area contributed by atoms with Gasteiger partial charge in [-0.05, 0) is 49.8 Å². The SMILES string of the molecule is CC1=C2C(CC1)C1(C)OC(C(C)C)(CC1O)[C@H]2OC(=O)/C=C/c1ccccc1. The summed E-state index contributed by atoms with van der Waals surface area (Å²) < 4.78 is 12.7. The molecule has 3 aliphatic rings. The average Bonchev–Trinajstić information content (AvgIpc) is 3.16. The summed E-state index contributed by atoms with van der Waals surface area (Å²) in [6, 6.07) is 9.71. The summed E-state index contributed by atoms with van der Waals surface area (Å²) in [6.07, 6.45) is 4.67. The molecule has 1 N–H and O–H groups in total. The van der Waals surface area contributed by atoms with Crippen LogP contribution < -0.4 is 0 Å². The molecule has 4 nitrogen and oxygen atoms in total. The fourth-order valence-corrected chi connectivity index (χ4v) is 5.41. The Bertz CT molecular complexity index is 824. The predicted molar refractivity (Wildman–Crippen MR) is 108 cm³/mol. The zero-order valence-electron chi connectivity index (χ0n) is 17.1. The highest BCUT2D eigenvalue weighted by molar-refractivity contribution is 5.87. The van der Waals surface area contributed by atoms with E-state index < -0.39 is 23.4 Å². The van der Waals surface area contributed by atoms with Crippen LogP contribution in [0.1, 0.15) is 52.5 Å². The Balaban J connectivity index is 1.67. The van der Waals surface area contributed by atoms with Crippen LogP contribution in [-0.4, -0.2) is 34.5 Å². The van der Waals surface area contributed by atoms with Crippen LogP contribution in [0.3, 0.4) is 0 Å². The number of ether oxygens (including phenoxy) is 2. The van der Waals surface area contributed by atoms with Crippen LogP contribution in [0.4, 0.5) is 0 Å². The lowest BCUT2D eigenvalue weighted by Gasteiger charge is -2.50. The second-order valence-electron chi connectivity index (χ2n) is 9.00. The monoisotopic (exact) mass is 382 g/mol. The number of carbonyl (C=O) groups is 1. The molecule has 2 saturated heterocycles. The highest BCUT2D eigenvalue weighted by Crippen LogP contribution is 2.60. The zero-order chi connectivity index (χ0) is 20.1. The molecule has 0 amide bonds. The third-order valence-corrected chi connectivity index (χ3v) is 7.10. The summed E-state index contributed by atoms with van der Waals surface area (Å²) in [5.41, 5.74) is 2.14. The van der Waals surface area contributed by atoms with Gasteiger partial charge in [-0.15, -0.1) is 0 Å². The van der Waals surface area contributed by atoms with Crippen LogP contribution in [0.2, 0.25) is 0 Å². The number of hydrogen-bond acceptors (Lipinski definition) is 4. The molecule has 4 unspecified atom stereocenters. The van der Waals surface area contributed by atoms with E-state index >= 15 is 0 Å². The summed E-state index contributed by atoms with van der Waals surface area (Å²) in [5, 5.41) is 10.9. The Hall–Kier alpha value is -1.91. The first kappa shape index (κ1) is 19.4. The summed E-state index contributed by atoms with van der Waals surface area (Å²) in [4.78, 5) is 12.7. The van der Waals surface area contributed by atoms with Gasteiger partial charge in [-0.3, -0.25) is 0 Å². The van der Waals surface area contributed by atoms with Gasteiger partial charge in [0.05, 0.1) is 11.7 Å². The lowest BCUT2D eigenvalue weighted by atomic mass is 9.74. The molecular formula is C24H30O4. The quantitative estimate of drug-likeness (QED) is 0.480. The van der Waals surface area contributed by atoms with Crippen molar-refractivity contribution in [3.8, 4) is 0 Å². The zero-order valence-corrected chi connectivity index (χ0v) is 17.1. The third kappa shape index (κ3) is 2.85.